The molecule has 0 saturated carbocycles. The van der Waals surface area contributed by atoms with E-state index in [1.807, 2.05) is 37.4 Å². The lowest BCUT2D eigenvalue weighted by Gasteiger charge is -2.16. The average molecular weight is 340 g/mol. The number of nitrogens with zero attached hydrogens (tertiary/aromatic N) is 3. The van der Waals surface area contributed by atoms with Crippen molar-refractivity contribution in [1.29, 1.82) is 5.26 Å². The van der Waals surface area contributed by atoms with E-state index in [1.54, 1.807) is 18.0 Å². The van der Waals surface area contributed by atoms with E-state index < -0.39 is 5.41 Å². The maximum atomic E-state index is 12.4. The van der Waals surface area contributed by atoms with Gasteiger partial charge in [-0.1, -0.05) is 6.07 Å². The number of thiazole rings is 1. The zero-order chi connectivity index (χ0) is 17.5. The summed E-state index contributed by atoms with van der Waals surface area (Å²) in [6.07, 6.45) is -0.198. The number of carbonyl (C=O) groups is 2. The first-order chi connectivity index (χ1) is 11.3. The second kappa shape index (κ2) is 5.73. The molecule has 6 nitrogen and oxygen atoms in total. The Balaban J connectivity index is 1.92. The summed E-state index contributed by atoms with van der Waals surface area (Å²) in [7, 11) is 1.78. The van der Waals surface area contributed by atoms with E-state index in [-0.39, 0.29) is 18.2 Å². The third-order valence-corrected chi connectivity index (χ3v) is 4.91. The maximum absolute atomic E-state index is 12.4. The first kappa shape index (κ1) is 16.1. The van der Waals surface area contributed by atoms with Gasteiger partial charge in [0.1, 0.15) is 6.42 Å². The van der Waals surface area contributed by atoms with Crippen LogP contribution in [0.15, 0.2) is 23.6 Å². The predicted octanol–water partition coefficient (Wildman–Crippen LogP) is 2.92. The van der Waals surface area contributed by atoms with Crippen molar-refractivity contribution in [2.45, 2.75) is 25.7 Å². The summed E-state index contributed by atoms with van der Waals surface area (Å²) < 4.78 is 0. The Kier molecular flexibility index (Phi) is 3.85. The van der Waals surface area contributed by atoms with Crippen LogP contribution in [0.5, 0.6) is 0 Å². The fraction of sp³-hybridized carbons (Fsp3) is 0.294. The summed E-state index contributed by atoms with van der Waals surface area (Å²) in [5.41, 5.74) is 2.93. The molecule has 0 atom stereocenters. The van der Waals surface area contributed by atoms with Crippen molar-refractivity contribution < 1.29 is 9.59 Å². The van der Waals surface area contributed by atoms with Gasteiger partial charge in [0.25, 0.3) is 0 Å². The molecule has 2 heterocycles. The minimum Gasteiger partial charge on any atom is -0.314 e. The number of carbonyl (C=O) groups excluding carboxylic acids is 2. The molecule has 0 bridgehead atoms. The number of hydrogen-bond donors (Lipinski definition) is 1. The highest BCUT2D eigenvalue weighted by Gasteiger charge is 2.42. The fourth-order valence-corrected chi connectivity index (χ4v) is 3.57. The standard InChI is InChI=1S/C17H16N4O2S/c1-17(2)11-8-10(4-5-13(11)21(3)15(17)23)12-9-24-16(19-12)20-14(22)6-7-18/h4-5,8-9H,6H2,1-3H3,(H,19,20,22). The van der Waals surface area contributed by atoms with Gasteiger partial charge in [0.15, 0.2) is 5.13 Å². The number of nitrogens with one attached hydrogen (secondary N) is 1. The normalized spacial score (nSPS) is 15.1. The lowest BCUT2D eigenvalue weighted by molar-refractivity contribution is -0.121. The van der Waals surface area contributed by atoms with Gasteiger partial charge in [0, 0.05) is 23.7 Å². The molecule has 0 radical (unpaired) electrons. The minimum atomic E-state index is -0.569. The van der Waals surface area contributed by atoms with Gasteiger partial charge < -0.3 is 10.2 Å². The van der Waals surface area contributed by atoms with E-state index >= 15 is 0 Å². The Morgan fingerprint density at radius 1 is 1.46 bits per heavy atom. The van der Waals surface area contributed by atoms with Gasteiger partial charge in [-0.3, -0.25) is 9.59 Å². The summed E-state index contributed by atoms with van der Waals surface area (Å²) in [4.78, 5) is 29.9. The number of rotatable bonds is 3. The number of fused-ring (bicyclic) bond motifs is 1. The molecule has 0 unspecified atom stereocenters. The molecule has 24 heavy (non-hydrogen) atoms. The fourth-order valence-electron chi connectivity index (χ4n) is 2.83. The summed E-state index contributed by atoms with van der Waals surface area (Å²) in [5, 5.41) is 13.4. The first-order valence-corrected chi connectivity index (χ1v) is 8.28. The lowest BCUT2D eigenvalue weighted by atomic mass is 9.85. The largest absolute Gasteiger partial charge is 0.314 e. The Labute approximate surface area is 143 Å². The van der Waals surface area contributed by atoms with Crippen molar-refractivity contribution in [3.63, 3.8) is 0 Å². The van der Waals surface area contributed by atoms with Crippen LogP contribution in [0.25, 0.3) is 11.3 Å². The highest BCUT2D eigenvalue weighted by molar-refractivity contribution is 7.14. The molecule has 0 saturated heterocycles. The summed E-state index contributed by atoms with van der Waals surface area (Å²) in [6.45, 7) is 3.83. The minimum absolute atomic E-state index is 0.0670. The number of benzene rings is 1. The second-order valence-corrected chi connectivity index (χ2v) is 7.00. The topological polar surface area (TPSA) is 86.1 Å². The molecule has 2 amide bonds. The Morgan fingerprint density at radius 3 is 2.92 bits per heavy atom. The number of amides is 2. The van der Waals surface area contributed by atoms with Crippen molar-refractivity contribution in [2.75, 3.05) is 17.3 Å². The average Bonchev–Trinajstić information content (AvgIpc) is 3.06. The van der Waals surface area contributed by atoms with Gasteiger partial charge in [-0.2, -0.15) is 5.26 Å². The van der Waals surface area contributed by atoms with Gasteiger partial charge in [-0.25, -0.2) is 4.98 Å². The smallest absolute Gasteiger partial charge is 0.240 e. The van der Waals surface area contributed by atoms with E-state index in [0.29, 0.717) is 5.13 Å². The van der Waals surface area contributed by atoms with E-state index in [9.17, 15) is 9.59 Å². The predicted molar refractivity (Wildman–Crippen MR) is 92.8 cm³/mol. The van der Waals surface area contributed by atoms with Crippen molar-refractivity contribution >= 4 is 34.0 Å². The molecule has 0 aliphatic carbocycles. The first-order valence-electron chi connectivity index (χ1n) is 7.40. The molecule has 2 aromatic rings. The third-order valence-electron chi connectivity index (χ3n) is 4.16. The van der Waals surface area contributed by atoms with Gasteiger partial charge in [-0.15, -0.1) is 11.3 Å². The highest BCUT2D eigenvalue weighted by atomic mass is 32.1. The van der Waals surface area contributed by atoms with Crippen LogP contribution in [0.3, 0.4) is 0 Å². The van der Waals surface area contributed by atoms with E-state index in [0.717, 1.165) is 22.5 Å². The lowest BCUT2D eigenvalue weighted by Crippen LogP contribution is -2.33. The van der Waals surface area contributed by atoms with Crippen LogP contribution in [0.4, 0.5) is 10.8 Å². The van der Waals surface area contributed by atoms with Crippen LogP contribution >= 0.6 is 11.3 Å². The molecule has 1 aliphatic rings. The van der Waals surface area contributed by atoms with E-state index in [1.165, 1.54) is 11.3 Å². The molecular formula is C17H16N4O2S. The van der Waals surface area contributed by atoms with Crippen LogP contribution in [-0.2, 0) is 15.0 Å². The zero-order valence-electron chi connectivity index (χ0n) is 13.6. The molecular weight excluding hydrogens is 324 g/mol. The molecule has 1 aliphatic heterocycles. The van der Waals surface area contributed by atoms with E-state index in [4.69, 9.17) is 5.26 Å². The molecule has 0 fully saturated rings. The van der Waals surface area contributed by atoms with Crippen LogP contribution in [0.1, 0.15) is 25.8 Å². The molecule has 1 aromatic carbocycles. The summed E-state index contributed by atoms with van der Waals surface area (Å²) >= 11 is 1.30. The SMILES string of the molecule is CN1C(=O)C(C)(C)c2cc(-c3csc(NC(=O)CC#N)n3)ccc21. The zero-order valence-corrected chi connectivity index (χ0v) is 14.4. The molecule has 1 aromatic heterocycles. The quantitative estimate of drug-likeness (QED) is 0.931. The summed E-state index contributed by atoms with van der Waals surface area (Å²) in [5.74, 6) is -0.307. The Bertz CT molecular complexity index is 879. The second-order valence-electron chi connectivity index (χ2n) is 6.14. The highest BCUT2D eigenvalue weighted by Crippen LogP contribution is 2.42. The monoisotopic (exact) mass is 340 g/mol. The van der Waals surface area contributed by atoms with E-state index in [2.05, 4.69) is 10.3 Å². The van der Waals surface area contributed by atoms with Gasteiger partial charge >= 0.3 is 0 Å². The number of likely N-dealkylation sites (N-methyl/N-ethyl adjacent to an activating group) is 1. The van der Waals surface area contributed by atoms with Crippen LogP contribution < -0.4 is 10.2 Å². The molecule has 1 N–H and O–H groups in total. The Hall–Kier alpha value is -2.72. The Morgan fingerprint density at radius 2 is 2.21 bits per heavy atom. The van der Waals surface area contributed by atoms with Gasteiger partial charge in [-0.05, 0) is 31.5 Å². The third kappa shape index (κ3) is 2.55. The molecule has 122 valence electrons. The van der Waals surface area contributed by atoms with Crippen LogP contribution in [0.2, 0.25) is 0 Å². The van der Waals surface area contributed by atoms with Crippen molar-refractivity contribution in [3.8, 4) is 17.3 Å². The van der Waals surface area contributed by atoms with Crippen molar-refractivity contribution in [3.05, 3.63) is 29.1 Å². The molecule has 7 heteroatoms. The molecule has 3 rings (SSSR count). The number of aromatic nitrogens is 1. The van der Waals surface area contributed by atoms with Gasteiger partial charge in [0.05, 0.1) is 17.2 Å². The molecule has 0 spiro atoms. The van der Waals surface area contributed by atoms with Crippen LogP contribution in [0, 0.1) is 11.3 Å². The van der Waals surface area contributed by atoms with Crippen molar-refractivity contribution in [2.24, 2.45) is 0 Å². The van der Waals surface area contributed by atoms with Crippen molar-refractivity contribution in [1.82, 2.24) is 4.98 Å². The number of nitriles is 1. The van der Waals surface area contributed by atoms with Gasteiger partial charge in [0.2, 0.25) is 11.8 Å². The number of anilines is 2. The number of hydrogen-bond acceptors (Lipinski definition) is 5. The summed E-state index contributed by atoms with van der Waals surface area (Å²) in [6, 6.07) is 7.62. The van der Waals surface area contributed by atoms with Crippen LogP contribution in [-0.4, -0.2) is 23.8 Å². The maximum Gasteiger partial charge on any atom is 0.240 e.